The molecule has 1 aliphatic carbocycles. The van der Waals surface area contributed by atoms with Crippen molar-refractivity contribution in [2.24, 2.45) is 12.0 Å². The Labute approximate surface area is 172 Å². The predicted octanol–water partition coefficient (Wildman–Crippen LogP) is 1.29. The SMILES string of the molecule is CC(=O)N1CCN(C(=NCc2nnc(C)n2C)NC2CCCC2)CC1.I. The molecule has 0 spiro atoms. The fourth-order valence-electron chi connectivity index (χ4n) is 3.46. The van der Waals surface area contributed by atoms with Gasteiger partial charge in [-0.2, -0.15) is 0 Å². The molecule has 1 saturated carbocycles. The Kier molecular flexibility index (Phi) is 7.66. The number of rotatable bonds is 3. The minimum atomic E-state index is 0. The Bertz CT molecular complexity index is 631. The van der Waals surface area contributed by atoms with Crippen molar-refractivity contribution in [3.63, 3.8) is 0 Å². The van der Waals surface area contributed by atoms with Gasteiger partial charge in [0.05, 0.1) is 0 Å². The van der Waals surface area contributed by atoms with Crippen LogP contribution in [0.3, 0.4) is 0 Å². The number of halogens is 1. The summed E-state index contributed by atoms with van der Waals surface area (Å²) in [5.41, 5.74) is 0. The molecule has 26 heavy (non-hydrogen) atoms. The zero-order chi connectivity index (χ0) is 17.8. The Balaban J connectivity index is 0.00000243. The van der Waals surface area contributed by atoms with Crippen LogP contribution in [-0.4, -0.2) is 68.7 Å². The summed E-state index contributed by atoms with van der Waals surface area (Å²) in [6, 6.07) is 0.505. The number of hydrogen-bond acceptors (Lipinski definition) is 4. The van der Waals surface area contributed by atoms with Gasteiger partial charge >= 0.3 is 0 Å². The van der Waals surface area contributed by atoms with Crippen molar-refractivity contribution < 1.29 is 4.79 Å². The van der Waals surface area contributed by atoms with Gasteiger partial charge in [-0.25, -0.2) is 4.99 Å². The van der Waals surface area contributed by atoms with E-state index in [9.17, 15) is 4.79 Å². The van der Waals surface area contributed by atoms with Crippen molar-refractivity contribution in [1.82, 2.24) is 29.9 Å². The Morgan fingerprint density at radius 2 is 1.77 bits per heavy atom. The highest BCUT2D eigenvalue weighted by atomic mass is 127. The Hall–Kier alpha value is -1.39. The standard InChI is InChI=1S/C17H29N7O.HI/c1-13-20-21-16(22(13)3)12-18-17(19-15-6-4-5-7-15)24-10-8-23(9-11-24)14(2)25;/h15H,4-12H2,1-3H3,(H,18,19);1H. The van der Waals surface area contributed by atoms with Crippen molar-refractivity contribution in [1.29, 1.82) is 0 Å². The Morgan fingerprint density at radius 3 is 2.31 bits per heavy atom. The fraction of sp³-hybridized carbons (Fsp3) is 0.765. The first-order chi connectivity index (χ1) is 12.0. The van der Waals surface area contributed by atoms with Crippen LogP contribution in [0.15, 0.2) is 4.99 Å². The molecule has 146 valence electrons. The molecule has 2 aliphatic rings. The molecule has 1 saturated heterocycles. The van der Waals surface area contributed by atoms with Crippen LogP contribution in [0.4, 0.5) is 0 Å². The van der Waals surface area contributed by atoms with Crippen LogP contribution in [0.25, 0.3) is 0 Å². The summed E-state index contributed by atoms with van der Waals surface area (Å²) in [6.07, 6.45) is 4.97. The first-order valence-electron chi connectivity index (χ1n) is 9.21. The number of piperazine rings is 1. The normalized spacial score (nSPS) is 18.8. The van der Waals surface area contributed by atoms with Crippen molar-refractivity contribution in [3.05, 3.63) is 11.6 Å². The molecular formula is C17H30IN7O. The third-order valence-corrected chi connectivity index (χ3v) is 5.27. The monoisotopic (exact) mass is 475 g/mol. The number of hydrogen-bond donors (Lipinski definition) is 1. The van der Waals surface area contributed by atoms with E-state index >= 15 is 0 Å². The van der Waals surface area contributed by atoms with E-state index in [4.69, 9.17) is 4.99 Å². The molecule has 3 rings (SSSR count). The predicted molar refractivity (Wildman–Crippen MR) is 112 cm³/mol. The van der Waals surface area contributed by atoms with Crippen molar-refractivity contribution in [2.45, 2.75) is 52.1 Å². The van der Waals surface area contributed by atoms with E-state index in [1.165, 1.54) is 25.7 Å². The summed E-state index contributed by atoms with van der Waals surface area (Å²) in [7, 11) is 1.97. The summed E-state index contributed by atoms with van der Waals surface area (Å²) in [5, 5.41) is 12.0. The van der Waals surface area contributed by atoms with Crippen LogP contribution < -0.4 is 5.32 Å². The summed E-state index contributed by atoms with van der Waals surface area (Å²) >= 11 is 0. The van der Waals surface area contributed by atoms with Crippen LogP contribution in [0.1, 0.15) is 44.3 Å². The summed E-state index contributed by atoms with van der Waals surface area (Å²) < 4.78 is 1.98. The number of guanidine groups is 1. The van der Waals surface area contributed by atoms with Gasteiger partial charge in [0.1, 0.15) is 12.4 Å². The van der Waals surface area contributed by atoms with Crippen LogP contribution in [0.5, 0.6) is 0 Å². The number of aryl methyl sites for hydroxylation is 1. The van der Waals surface area contributed by atoms with E-state index in [0.717, 1.165) is 43.8 Å². The third kappa shape index (κ3) is 5.08. The molecule has 1 aliphatic heterocycles. The minimum Gasteiger partial charge on any atom is -0.353 e. The van der Waals surface area contributed by atoms with Crippen molar-refractivity contribution in [2.75, 3.05) is 26.2 Å². The molecule has 9 heteroatoms. The second-order valence-electron chi connectivity index (χ2n) is 6.98. The van der Waals surface area contributed by atoms with Crippen molar-refractivity contribution in [3.8, 4) is 0 Å². The molecule has 0 radical (unpaired) electrons. The second-order valence-corrected chi connectivity index (χ2v) is 6.98. The lowest BCUT2D eigenvalue weighted by Gasteiger charge is -2.37. The largest absolute Gasteiger partial charge is 0.353 e. The van der Waals surface area contributed by atoms with Crippen LogP contribution in [-0.2, 0) is 18.4 Å². The van der Waals surface area contributed by atoms with Gasteiger partial charge in [0.25, 0.3) is 0 Å². The molecule has 2 heterocycles. The van der Waals surface area contributed by atoms with E-state index in [0.29, 0.717) is 12.6 Å². The maximum Gasteiger partial charge on any atom is 0.219 e. The van der Waals surface area contributed by atoms with Crippen molar-refractivity contribution >= 4 is 35.8 Å². The molecule has 0 unspecified atom stereocenters. The summed E-state index contributed by atoms with van der Waals surface area (Å²) in [5.74, 6) is 2.85. The Morgan fingerprint density at radius 1 is 1.15 bits per heavy atom. The number of aliphatic imine (C=N–C) groups is 1. The number of amides is 1. The number of aromatic nitrogens is 3. The average molecular weight is 475 g/mol. The number of nitrogens with zero attached hydrogens (tertiary/aromatic N) is 6. The van der Waals surface area contributed by atoms with Gasteiger partial charge in [0.2, 0.25) is 5.91 Å². The fourth-order valence-corrected chi connectivity index (χ4v) is 3.46. The van der Waals surface area contributed by atoms with E-state index < -0.39 is 0 Å². The highest BCUT2D eigenvalue weighted by Gasteiger charge is 2.24. The molecule has 0 bridgehead atoms. The number of nitrogens with one attached hydrogen (secondary N) is 1. The van der Waals surface area contributed by atoms with Crippen LogP contribution >= 0.6 is 24.0 Å². The van der Waals surface area contributed by atoms with E-state index in [1.807, 2.05) is 23.4 Å². The molecule has 1 aromatic rings. The van der Waals surface area contributed by atoms with Gasteiger partial charge in [-0.15, -0.1) is 34.2 Å². The van der Waals surface area contributed by atoms with E-state index in [-0.39, 0.29) is 29.9 Å². The van der Waals surface area contributed by atoms with E-state index in [2.05, 4.69) is 20.4 Å². The topological polar surface area (TPSA) is 78.7 Å². The molecule has 1 N–H and O–H groups in total. The smallest absolute Gasteiger partial charge is 0.219 e. The zero-order valence-corrected chi connectivity index (χ0v) is 18.3. The molecule has 8 nitrogen and oxygen atoms in total. The molecule has 0 aromatic carbocycles. The lowest BCUT2D eigenvalue weighted by Crippen LogP contribution is -2.54. The van der Waals surface area contributed by atoms with E-state index in [1.54, 1.807) is 6.92 Å². The van der Waals surface area contributed by atoms with Gasteiger partial charge in [-0.05, 0) is 19.8 Å². The molecule has 1 aromatic heterocycles. The lowest BCUT2D eigenvalue weighted by molar-refractivity contribution is -0.130. The first-order valence-corrected chi connectivity index (χ1v) is 9.21. The number of carbonyl (C=O) groups is 1. The number of carbonyl (C=O) groups excluding carboxylic acids is 1. The zero-order valence-electron chi connectivity index (χ0n) is 15.9. The van der Waals surface area contributed by atoms with Gasteiger partial charge in [-0.1, -0.05) is 12.8 Å². The average Bonchev–Trinajstić information content (AvgIpc) is 3.23. The van der Waals surface area contributed by atoms with Crippen LogP contribution in [0, 0.1) is 6.92 Å². The van der Waals surface area contributed by atoms with Gasteiger partial charge in [0.15, 0.2) is 11.8 Å². The maximum absolute atomic E-state index is 11.5. The quantitative estimate of drug-likeness (QED) is 0.405. The van der Waals surface area contributed by atoms with Crippen LogP contribution in [0.2, 0.25) is 0 Å². The van der Waals surface area contributed by atoms with Gasteiger partial charge in [0, 0.05) is 46.2 Å². The highest BCUT2D eigenvalue weighted by molar-refractivity contribution is 14.0. The molecule has 2 fully saturated rings. The first kappa shape index (κ1) is 20.9. The molecule has 1 amide bonds. The van der Waals surface area contributed by atoms with Gasteiger partial charge < -0.3 is 19.7 Å². The summed E-state index contributed by atoms with van der Waals surface area (Å²) in [6.45, 7) is 7.23. The summed E-state index contributed by atoms with van der Waals surface area (Å²) in [4.78, 5) is 20.5. The minimum absolute atomic E-state index is 0. The molecule has 0 atom stereocenters. The highest BCUT2D eigenvalue weighted by Crippen LogP contribution is 2.18. The molecular weight excluding hydrogens is 445 g/mol. The van der Waals surface area contributed by atoms with Gasteiger partial charge in [-0.3, -0.25) is 4.79 Å². The lowest BCUT2D eigenvalue weighted by atomic mass is 10.2. The maximum atomic E-state index is 11.5. The third-order valence-electron chi connectivity index (χ3n) is 5.27. The second kappa shape index (κ2) is 9.52.